The van der Waals surface area contributed by atoms with E-state index in [9.17, 15) is 9.13 Å². The summed E-state index contributed by atoms with van der Waals surface area (Å²) in [5, 5.41) is 4.09. The Kier molecular flexibility index (Phi) is 12.5. The fourth-order valence-electron chi connectivity index (χ4n) is 2.42. The summed E-state index contributed by atoms with van der Waals surface area (Å²) in [6.07, 6.45) is 2.13. The molecule has 1 rings (SSSR count). The number of benzene rings is 1. The minimum absolute atomic E-state index is 0.0531. The van der Waals surface area contributed by atoms with E-state index in [4.69, 9.17) is 34.4 Å². The van der Waals surface area contributed by atoms with Gasteiger partial charge in [0, 0.05) is 41.2 Å². The fourth-order valence-corrected chi connectivity index (χ4v) is 5.79. The molecule has 0 bridgehead atoms. The lowest BCUT2D eigenvalue weighted by Gasteiger charge is -2.27. The van der Waals surface area contributed by atoms with Crippen LogP contribution in [0.15, 0.2) is 29.4 Å². The van der Waals surface area contributed by atoms with Crippen molar-refractivity contribution in [3.63, 3.8) is 0 Å². The van der Waals surface area contributed by atoms with Crippen LogP contribution in [0.1, 0.15) is 12.5 Å². The molecule has 0 radical (unpaired) electrons. The van der Waals surface area contributed by atoms with Crippen molar-refractivity contribution in [2.45, 2.75) is 13.3 Å². The molecular formula is C17H31N3O7P3S+. The van der Waals surface area contributed by atoms with Gasteiger partial charge in [0.15, 0.2) is 5.75 Å². The van der Waals surface area contributed by atoms with Gasteiger partial charge < -0.3 is 18.1 Å². The van der Waals surface area contributed by atoms with Crippen molar-refractivity contribution in [1.29, 1.82) is 0 Å². The molecule has 14 heteroatoms. The number of rotatable bonds is 15. The molecule has 176 valence electrons. The summed E-state index contributed by atoms with van der Waals surface area (Å²) in [5.41, 5.74) is 1.00. The molecule has 1 aromatic rings. The van der Waals surface area contributed by atoms with Gasteiger partial charge in [-0.2, -0.15) is 0 Å². The summed E-state index contributed by atoms with van der Waals surface area (Å²) >= 11 is 5.32. The second-order valence-electron chi connectivity index (χ2n) is 6.22. The molecule has 0 aliphatic rings. The molecule has 0 spiro atoms. The van der Waals surface area contributed by atoms with Gasteiger partial charge in [-0.15, -0.1) is 5.10 Å². The predicted molar refractivity (Wildman–Crippen MR) is 127 cm³/mol. The van der Waals surface area contributed by atoms with E-state index in [2.05, 4.69) is 5.10 Å². The van der Waals surface area contributed by atoms with Gasteiger partial charge >= 0.3 is 22.3 Å². The molecule has 0 saturated heterocycles. The van der Waals surface area contributed by atoms with Crippen LogP contribution in [0.25, 0.3) is 0 Å². The van der Waals surface area contributed by atoms with Crippen molar-refractivity contribution in [1.82, 2.24) is 9.68 Å². The maximum atomic E-state index is 12.6. The van der Waals surface area contributed by atoms with E-state index in [1.807, 2.05) is 31.2 Å². The molecule has 0 aliphatic heterocycles. The summed E-state index contributed by atoms with van der Waals surface area (Å²) in [7, 11) is -1.01. The van der Waals surface area contributed by atoms with E-state index >= 15 is 0 Å². The first-order valence-electron chi connectivity index (χ1n) is 9.24. The van der Waals surface area contributed by atoms with Crippen molar-refractivity contribution < 1.29 is 31.7 Å². The Labute approximate surface area is 190 Å². The standard InChI is InChI=1S/C17H31N3O7P3S/c1-7-18-19(2)28(31)27-17-10-8-16(9-11-17)12-13-20(14-29(21,23-3)24-4)15-30(22,25-5)26-6/h7-11H,12-15H2,1-6H3/q+1. The molecule has 0 N–H and O–H groups in total. The topological polar surface area (TPSA) is 99.1 Å². The van der Waals surface area contributed by atoms with Crippen LogP contribution in [0, 0.1) is 0 Å². The van der Waals surface area contributed by atoms with E-state index in [0.29, 0.717) is 18.7 Å². The SMILES string of the molecule is CC=NN(C)[P+](=S)Oc1ccc(CCN(CP(=O)(OC)OC)CP(=O)(OC)OC)cc1. The highest BCUT2D eigenvalue weighted by atomic mass is 32.4. The van der Waals surface area contributed by atoms with Crippen molar-refractivity contribution in [3.05, 3.63) is 29.8 Å². The summed E-state index contributed by atoms with van der Waals surface area (Å²) in [6.45, 7) is 2.23. The zero-order valence-electron chi connectivity index (χ0n) is 18.7. The Morgan fingerprint density at radius 2 is 1.48 bits per heavy atom. The quantitative estimate of drug-likeness (QED) is 0.189. The Bertz CT molecular complexity index is 782. The third-order valence-corrected chi connectivity index (χ3v) is 9.80. The van der Waals surface area contributed by atoms with E-state index < -0.39 is 22.3 Å². The zero-order chi connectivity index (χ0) is 23.5. The largest absolute Gasteiger partial charge is 0.540 e. The first kappa shape index (κ1) is 28.3. The maximum absolute atomic E-state index is 12.6. The molecule has 1 aromatic carbocycles. The molecule has 0 heterocycles. The summed E-state index contributed by atoms with van der Waals surface area (Å²) in [6, 6.07) is 7.48. The third-order valence-electron chi connectivity index (χ3n) is 4.20. The minimum atomic E-state index is -3.36. The van der Waals surface area contributed by atoms with Crippen molar-refractivity contribution in [2.75, 3.05) is 54.6 Å². The van der Waals surface area contributed by atoms with Crippen LogP contribution in [0.3, 0.4) is 0 Å². The van der Waals surface area contributed by atoms with Gasteiger partial charge in [-0.3, -0.25) is 18.6 Å². The van der Waals surface area contributed by atoms with Crippen LogP contribution in [-0.4, -0.2) is 70.5 Å². The van der Waals surface area contributed by atoms with Crippen LogP contribution >= 0.6 is 22.3 Å². The second-order valence-corrected chi connectivity index (χ2v) is 12.9. The average Bonchev–Trinajstić information content (AvgIpc) is 2.78. The fraction of sp³-hybridized carbons (Fsp3) is 0.588. The van der Waals surface area contributed by atoms with Crippen LogP contribution in [0.2, 0.25) is 0 Å². The summed E-state index contributed by atoms with van der Waals surface area (Å²) < 4.78 is 52.6. The minimum Gasteiger partial charge on any atom is -0.311 e. The molecule has 0 amide bonds. The lowest BCUT2D eigenvalue weighted by Crippen LogP contribution is -2.29. The van der Waals surface area contributed by atoms with Gasteiger partial charge in [-0.05, 0) is 31.0 Å². The number of hydrazone groups is 1. The first-order valence-corrected chi connectivity index (χ1v) is 14.9. The van der Waals surface area contributed by atoms with Crippen molar-refractivity contribution in [2.24, 2.45) is 5.10 Å². The van der Waals surface area contributed by atoms with Crippen molar-refractivity contribution >= 4 is 40.3 Å². The van der Waals surface area contributed by atoms with Crippen LogP contribution < -0.4 is 4.52 Å². The lowest BCUT2D eigenvalue weighted by atomic mass is 10.1. The van der Waals surface area contributed by atoms with Crippen LogP contribution in [-0.2, 0) is 45.5 Å². The third kappa shape index (κ3) is 9.74. The smallest absolute Gasteiger partial charge is 0.311 e. The molecule has 1 unspecified atom stereocenters. The highest BCUT2D eigenvalue weighted by Gasteiger charge is 2.31. The molecule has 0 saturated carbocycles. The Balaban J connectivity index is 2.83. The zero-order valence-corrected chi connectivity index (χ0v) is 22.2. The van der Waals surface area contributed by atoms with Crippen molar-refractivity contribution in [3.8, 4) is 5.75 Å². The maximum Gasteiger partial charge on any atom is 0.540 e. The van der Waals surface area contributed by atoms with Crippen LogP contribution in [0.5, 0.6) is 5.75 Å². The normalized spacial score (nSPS) is 13.1. The van der Waals surface area contributed by atoms with Crippen LogP contribution in [0.4, 0.5) is 0 Å². The molecule has 31 heavy (non-hydrogen) atoms. The van der Waals surface area contributed by atoms with E-state index in [0.717, 1.165) is 5.56 Å². The molecule has 0 aromatic heterocycles. The Hall–Kier alpha value is -0.730. The Morgan fingerprint density at radius 3 is 1.90 bits per heavy atom. The highest BCUT2D eigenvalue weighted by Crippen LogP contribution is 2.51. The van der Waals surface area contributed by atoms with Gasteiger partial charge in [0.25, 0.3) is 0 Å². The summed E-state index contributed by atoms with van der Waals surface area (Å²) in [4.78, 5) is 1.69. The molecular weight excluding hydrogens is 483 g/mol. The summed E-state index contributed by atoms with van der Waals surface area (Å²) in [5.74, 6) is 0.645. The molecule has 0 fully saturated rings. The highest BCUT2D eigenvalue weighted by molar-refractivity contribution is 8.02. The van der Waals surface area contributed by atoms with Gasteiger partial charge in [0.05, 0.1) is 7.05 Å². The molecule has 0 aliphatic carbocycles. The van der Waals surface area contributed by atoms with E-state index in [-0.39, 0.29) is 12.6 Å². The van der Waals surface area contributed by atoms with E-state index in [1.165, 1.54) is 28.4 Å². The Morgan fingerprint density at radius 1 is 1.00 bits per heavy atom. The monoisotopic (exact) mass is 514 g/mol. The number of hydrogen-bond donors (Lipinski definition) is 0. The molecule has 1 atom stereocenters. The van der Waals surface area contributed by atoms with Gasteiger partial charge in [-0.1, -0.05) is 16.9 Å². The second kappa shape index (κ2) is 13.7. The predicted octanol–water partition coefficient (Wildman–Crippen LogP) is 4.51. The van der Waals surface area contributed by atoms with E-state index in [1.54, 1.807) is 22.9 Å². The number of nitrogens with zero attached hydrogens (tertiary/aromatic N) is 3. The lowest BCUT2D eigenvalue weighted by molar-refractivity contribution is 0.224. The number of hydrogen-bond acceptors (Lipinski definition) is 10. The first-order chi connectivity index (χ1) is 14.6. The van der Waals surface area contributed by atoms with Gasteiger partial charge in [0.2, 0.25) is 11.8 Å². The average molecular weight is 514 g/mol. The van der Waals surface area contributed by atoms with Gasteiger partial charge in [-0.25, -0.2) is 0 Å². The molecule has 10 nitrogen and oxygen atoms in total. The van der Waals surface area contributed by atoms with Gasteiger partial charge in [0.1, 0.15) is 12.6 Å².